The molecule has 5 atom stereocenters. The van der Waals surface area contributed by atoms with Gasteiger partial charge in [0.05, 0.1) is 19.3 Å². The summed E-state index contributed by atoms with van der Waals surface area (Å²) in [7, 11) is 1.29. The number of nitrogens with zero attached hydrogens (tertiary/aromatic N) is 1. The third-order valence-electron chi connectivity index (χ3n) is 6.19. The van der Waals surface area contributed by atoms with Gasteiger partial charge in [0.25, 0.3) is 0 Å². The van der Waals surface area contributed by atoms with Gasteiger partial charge in [0.15, 0.2) is 6.29 Å². The number of likely N-dealkylation sites (tertiary alicyclic amines) is 1. The number of hydrogen-bond donors (Lipinski definition) is 1. The molecule has 8 heteroatoms. The van der Waals surface area contributed by atoms with Crippen molar-refractivity contribution < 1.29 is 33.6 Å². The molecule has 0 aromatic heterocycles. The number of fused-ring (bicyclic) bond motifs is 1. The Labute approximate surface area is 181 Å². The number of carbonyl (C=O) groups excluding carboxylic acids is 2. The molecule has 2 fully saturated rings. The summed E-state index contributed by atoms with van der Waals surface area (Å²) in [5.74, 6) is -0.540. The minimum atomic E-state index is -0.953. The van der Waals surface area contributed by atoms with Crippen LogP contribution in [0.1, 0.15) is 37.7 Å². The first-order valence-corrected chi connectivity index (χ1v) is 10.8. The number of carbonyl (C=O) groups is 2. The molecule has 2 aliphatic heterocycles. The first-order chi connectivity index (χ1) is 15.0. The number of amides is 1. The molecule has 2 heterocycles. The molecule has 4 rings (SSSR count). The molecule has 0 radical (unpaired) electrons. The van der Waals surface area contributed by atoms with E-state index in [2.05, 4.69) is 0 Å². The van der Waals surface area contributed by atoms with E-state index in [4.69, 9.17) is 18.9 Å². The molecule has 1 unspecified atom stereocenters. The molecule has 1 N–H and O–H groups in total. The van der Waals surface area contributed by atoms with Gasteiger partial charge in [0.1, 0.15) is 18.2 Å². The van der Waals surface area contributed by atoms with Crippen LogP contribution in [0.5, 0.6) is 0 Å². The van der Waals surface area contributed by atoms with Crippen LogP contribution >= 0.6 is 0 Å². The summed E-state index contributed by atoms with van der Waals surface area (Å²) in [5, 5.41) is 10.3. The molecule has 2 saturated heterocycles. The maximum absolute atomic E-state index is 13.1. The highest BCUT2D eigenvalue weighted by molar-refractivity contribution is 5.83. The third-order valence-corrected chi connectivity index (χ3v) is 6.19. The zero-order valence-electron chi connectivity index (χ0n) is 17.6. The Kier molecular flexibility index (Phi) is 6.60. The van der Waals surface area contributed by atoms with E-state index >= 15 is 0 Å². The lowest BCUT2D eigenvalue weighted by Gasteiger charge is -2.41. The topological polar surface area (TPSA) is 94.5 Å². The highest BCUT2D eigenvalue weighted by Gasteiger charge is 2.59. The lowest BCUT2D eigenvalue weighted by molar-refractivity contribution is -0.219. The summed E-state index contributed by atoms with van der Waals surface area (Å²) >= 11 is 0. The van der Waals surface area contributed by atoms with Crippen molar-refractivity contribution in [3.05, 3.63) is 48.0 Å². The van der Waals surface area contributed by atoms with Crippen molar-refractivity contribution in [2.45, 2.75) is 68.8 Å². The lowest BCUT2D eigenvalue weighted by atomic mass is 9.84. The average molecular weight is 431 g/mol. The smallest absolute Gasteiger partial charge is 0.411 e. The first-order valence-electron chi connectivity index (χ1n) is 10.8. The summed E-state index contributed by atoms with van der Waals surface area (Å²) in [6, 6.07) is 7.87. The quantitative estimate of drug-likeness (QED) is 0.566. The van der Waals surface area contributed by atoms with Gasteiger partial charge < -0.3 is 24.1 Å². The number of aliphatic hydroxyl groups excluding tert-OH is 1. The molecule has 3 aliphatic rings. The van der Waals surface area contributed by atoms with Crippen LogP contribution in [0.2, 0.25) is 0 Å². The van der Waals surface area contributed by atoms with Crippen LogP contribution in [-0.4, -0.2) is 65.9 Å². The van der Waals surface area contributed by atoms with E-state index in [0.29, 0.717) is 6.61 Å². The maximum atomic E-state index is 13.1. The number of hydrogen-bond acceptors (Lipinski definition) is 7. The molecule has 0 spiro atoms. The fourth-order valence-corrected chi connectivity index (χ4v) is 4.66. The van der Waals surface area contributed by atoms with Crippen LogP contribution < -0.4 is 0 Å². The zero-order valence-corrected chi connectivity index (χ0v) is 17.6. The summed E-state index contributed by atoms with van der Waals surface area (Å²) in [4.78, 5) is 27.1. The number of ether oxygens (including phenoxy) is 4. The molecule has 0 saturated carbocycles. The van der Waals surface area contributed by atoms with E-state index in [1.54, 1.807) is 12.2 Å². The SMILES string of the molecule is COC(=O)[C@@H]1C[C@@]2(OC3CCCCO3)C=C[C@H](O)C[C@H]2N1C(=O)OCc1ccccc1. The van der Waals surface area contributed by atoms with Crippen molar-refractivity contribution in [1.82, 2.24) is 4.90 Å². The Bertz CT molecular complexity index is 807. The first kappa shape index (κ1) is 21.8. The van der Waals surface area contributed by atoms with Crippen molar-refractivity contribution >= 4 is 12.1 Å². The van der Waals surface area contributed by atoms with Gasteiger partial charge in [-0.05, 0) is 24.8 Å². The second kappa shape index (κ2) is 9.38. The monoisotopic (exact) mass is 431 g/mol. The average Bonchev–Trinajstić information content (AvgIpc) is 3.12. The van der Waals surface area contributed by atoms with Gasteiger partial charge in [-0.3, -0.25) is 4.90 Å². The molecule has 168 valence electrons. The number of aliphatic hydroxyl groups is 1. The van der Waals surface area contributed by atoms with E-state index < -0.39 is 42.1 Å². The van der Waals surface area contributed by atoms with Gasteiger partial charge in [0, 0.05) is 19.4 Å². The van der Waals surface area contributed by atoms with Crippen LogP contribution in [-0.2, 0) is 30.3 Å². The normalized spacial score (nSPS) is 32.4. The molecule has 8 nitrogen and oxygen atoms in total. The zero-order chi connectivity index (χ0) is 21.8. The predicted octanol–water partition coefficient (Wildman–Crippen LogP) is 2.54. The Morgan fingerprint density at radius 2 is 2.06 bits per heavy atom. The van der Waals surface area contributed by atoms with Crippen molar-refractivity contribution in [3.63, 3.8) is 0 Å². The lowest BCUT2D eigenvalue weighted by Crippen LogP contribution is -2.54. The largest absolute Gasteiger partial charge is 0.467 e. The fourth-order valence-electron chi connectivity index (χ4n) is 4.66. The van der Waals surface area contributed by atoms with E-state index in [1.807, 2.05) is 30.3 Å². The Morgan fingerprint density at radius 1 is 1.26 bits per heavy atom. The van der Waals surface area contributed by atoms with Crippen molar-refractivity contribution in [2.75, 3.05) is 13.7 Å². The molecule has 1 amide bonds. The highest BCUT2D eigenvalue weighted by Crippen LogP contribution is 2.45. The molecule has 1 aromatic rings. The van der Waals surface area contributed by atoms with Crippen LogP contribution in [0.25, 0.3) is 0 Å². The van der Waals surface area contributed by atoms with E-state index in [9.17, 15) is 14.7 Å². The molecule has 1 aliphatic carbocycles. The summed E-state index contributed by atoms with van der Waals surface area (Å²) < 4.78 is 22.7. The second-order valence-corrected chi connectivity index (χ2v) is 8.24. The van der Waals surface area contributed by atoms with Gasteiger partial charge in [-0.25, -0.2) is 9.59 Å². The molecule has 1 aromatic carbocycles. The van der Waals surface area contributed by atoms with Crippen LogP contribution in [0.4, 0.5) is 4.79 Å². The standard InChI is InChI=1S/C23H29NO7/c1-28-21(26)18-14-23(31-20-9-5-6-12-29-20)11-10-17(25)13-19(23)24(18)22(27)30-15-16-7-3-2-4-8-16/h2-4,7-8,10-11,17-20,25H,5-6,9,12-15H2,1H3/t17-,18-,19+,20?,23-/m0/s1. The van der Waals surface area contributed by atoms with Gasteiger partial charge >= 0.3 is 12.1 Å². The van der Waals surface area contributed by atoms with Crippen LogP contribution in [0.15, 0.2) is 42.5 Å². The fraction of sp³-hybridized carbons (Fsp3) is 0.565. The van der Waals surface area contributed by atoms with Gasteiger partial charge in [0.2, 0.25) is 0 Å². The van der Waals surface area contributed by atoms with Gasteiger partial charge in [-0.2, -0.15) is 0 Å². The van der Waals surface area contributed by atoms with E-state index in [0.717, 1.165) is 24.8 Å². The van der Waals surface area contributed by atoms with Gasteiger partial charge in [-0.15, -0.1) is 0 Å². The minimum Gasteiger partial charge on any atom is -0.467 e. The van der Waals surface area contributed by atoms with E-state index in [1.165, 1.54) is 12.0 Å². The van der Waals surface area contributed by atoms with Crippen LogP contribution in [0, 0.1) is 0 Å². The number of benzene rings is 1. The summed E-state index contributed by atoms with van der Waals surface area (Å²) in [6.45, 7) is 0.690. The third kappa shape index (κ3) is 4.61. The number of esters is 1. The summed E-state index contributed by atoms with van der Waals surface area (Å²) in [6.07, 6.45) is 4.77. The van der Waals surface area contributed by atoms with Crippen molar-refractivity contribution in [1.29, 1.82) is 0 Å². The number of methoxy groups -OCH3 is 1. The molecule has 0 bridgehead atoms. The predicted molar refractivity (Wildman–Crippen MR) is 110 cm³/mol. The Hall–Kier alpha value is -2.42. The van der Waals surface area contributed by atoms with Crippen molar-refractivity contribution in [2.24, 2.45) is 0 Å². The number of rotatable bonds is 5. The minimum absolute atomic E-state index is 0.0781. The van der Waals surface area contributed by atoms with Gasteiger partial charge in [-0.1, -0.05) is 42.5 Å². The van der Waals surface area contributed by atoms with Crippen LogP contribution in [0.3, 0.4) is 0 Å². The second-order valence-electron chi connectivity index (χ2n) is 8.24. The highest BCUT2D eigenvalue weighted by atomic mass is 16.7. The Morgan fingerprint density at radius 3 is 2.77 bits per heavy atom. The maximum Gasteiger partial charge on any atom is 0.411 e. The Balaban J connectivity index is 1.59. The molecule has 31 heavy (non-hydrogen) atoms. The molecular weight excluding hydrogens is 402 g/mol. The van der Waals surface area contributed by atoms with Crippen molar-refractivity contribution in [3.8, 4) is 0 Å². The summed E-state index contributed by atoms with van der Waals surface area (Å²) in [5.41, 5.74) is -0.113. The van der Waals surface area contributed by atoms with E-state index in [-0.39, 0.29) is 19.4 Å². The molecular formula is C23H29NO7.